The van der Waals surface area contributed by atoms with Crippen LogP contribution in [0.3, 0.4) is 0 Å². The molecule has 2 rings (SSSR count). The highest BCUT2D eigenvalue weighted by molar-refractivity contribution is 6.15. The minimum absolute atomic E-state index is 0.0264. The summed E-state index contributed by atoms with van der Waals surface area (Å²) >= 11 is 0. The number of carbonyl (C=O) groups is 2. The lowest BCUT2D eigenvalue weighted by atomic mass is 9.87. The van der Waals surface area contributed by atoms with Crippen molar-refractivity contribution in [2.24, 2.45) is 10.8 Å². The normalized spacial score (nSPS) is 16.6. The Hall–Kier alpha value is -2.04. The molecule has 0 saturated carbocycles. The van der Waals surface area contributed by atoms with Crippen LogP contribution in [-0.2, 0) is 9.59 Å². The predicted octanol–water partition coefficient (Wildman–Crippen LogP) is 5.82. The van der Waals surface area contributed by atoms with Crippen LogP contribution >= 0.6 is 0 Å². The summed E-state index contributed by atoms with van der Waals surface area (Å²) in [6, 6.07) is 0. The first-order valence-electron chi connectivity index (χ1n) is 11.9. The fourth-order valence-corrected chi connectivity index (χ4v) is 3.56. The summed E-state index contributed by atoms with van der Waals surface area (Å²) in [4.78, 5) is 25.1. The largest absolute Gasteiger partial charge is 0.396 e. The molecule has 0 aromatic heterocycles. The van der Waals surface area contributed by atoms with Gasteiger partial charge >= 0.3 is 0 Å². The molecule has 0 saturated heterocycles. The van der Waals surface area contributed by atoms with E-state index in [0.717, 1.165) is 36.8 Å². The molecular formula is C28H42O4. The van der Waals surface area contributed by atoms with Crippen LogP contribution in [0.2, 0.25) is 0 Å². The third-order valence-corrected chi connectivity index (χ3v) is 5.93. The molecule has 0 atom stereocenters. The van der Waals surface area contributed by atoms with Gasteiger partial charge in [-0.1, -0.05) is 78.0 Å². The lowest BCUT2D eigenvalue weighted by Crippen LogP contribution is -2.16. The summed E-state index contributed by atoms with van der Waals surface area (Å²) in [5.74, 6) is 0.0528. The SMILES string of the molecule is CC.CC(C)(CO)CCCC1=CC=C(/C=C\C2=CC=C(CCCC(C)(C)CO)C2=O)C1=O. The zero-order valence-electron chi connectivity index (χ0n) is 20.8. The predicted molar refractivity (Wildman–Crippen MR) is 132 cm³/mol. The van der Waals surface area contributed by atoms with Gasteiger partial charge < -0.3 is 10.2 Å². The van der Waals surface area contributed by atoms with Crippen LogP contribution in [-0.4, -0.2) is 35.0 Å². The Morgan fingerprint density at radius 2 is 1.03 bits per heavy atom. The van der Waals surface area contributed by atoms with Crippen molar-refractivity contribution in [1.29, 1.82) is 0 Å². The molecule has 0 radical (unpaired) electrons. The van der Waals surface area contributed by atoms with Gasteiger partial charge in [0.1, 0.15) is 0 Å². The lowest BCUT2D eigenvalue weighted by molar-refractivity contribution is -0.112. The smallest absolute Gasteiger partial charge is 0.189 e. The van der Waals surface area contributed by atoms with Gasteiger partial charge in [0.15, 0.2) is 11.6 Å². The molecule has 0 fully saturated rings. The van der Waals surface area contributed by atoms with E-state index in [1.165, 1.54) is 0 Å². The maximum absolute atomic E-state index is 12.6. The first-order valence-corrected chi connectivity index (χ1v) is 11.9. The Morgan fingerprint density at radius 1 is 0.688 bits per heavy atom. The quantitative estimate of drug-likeness (QED) is 0.399. The van der Waals surface area contributed by atoms with Crippen molar-refractivity contribution in [3.8, 4) is 0 Å². The van der Waals surface area contributed by atoms with E-state index in [4.69, 9.17) is 0 Å². The molecule has 0 amide bonds. The van der Waals surface area contributed by atoms with E-state index in [0.29, 0.717) is 24.0 Å². The summed E-state index contributed by atoms with van der Waals surface area (Å²) < 4.78 is 0. The molecule has 0 aromatic carbocycles. The Bertz CT molecular complexity index is 748. The number of allylic oxidation sites excluding steroid dienone is 10. The molecule has 2 aliphatic rings. The van der Waals surface area contributed by atoms with Crippen LogP contribution < -0.4 is 0 Å². The lowest BCUT2D eigenvalue weighted by Gasteiger charge is -2.21. The van der Waals surface area contributed by atoms with Crippen molar-refractivity contribution in [2.45, 2.75) is 80.1 Å². The summed E-state index contributed by atoms with van der Waals surface area (Å²) in [6.07, 6.45) is 15.7. The first kappa shape index (κ1) is 28.0. The van der Waals surface area contributed by atoms with Crippen molar-refractivity contribution in [2.75, 3.05) is 13.2 Å². The second kappa shape index (κ2) is 12.9. The highest BCUT2D eigenvalue weighted by Crippen LogP contribution is 2.29. The number of Topliss-reactive ketones (excluding diaryl/α,β-unsaturated/α-hetero) is 2. The fraction of sp³-hybridized carbons (Fsp3) is 0.571. The van der Waals surface area contributed by atoms with Gasteiger partial charge in [-0.25, -0.2) is 0 Å². The summed E-state index contributed by atoms with van der Waals surface area (Å²) in [6.45, 7) is 12.4. The molecule has 0 heterocycles. The number of hydrogen-bond donors (Lipinski definition) is 2. The Morgan fingerprint density at radius 3 is 1.34 bits per heavy atom. The second-order valence-electron chi connectivity index (χ2n) is 9.97. The van der Waals surface area contributed by atoms with Crippen LogP contribution in [0, 0.1) is 10.8 Å². The van der Waals surface area contributed by atoms with E-state index < -0.39 is 0 Å². The average Bonchev–Trinajstić information content (AvgIpc) is 3.30. The molecule has 0 spiro atoms. The van der Waals surface area contributed by atoms with E-state index >= 15 is 0 Å². The number of aliphatic hydroxyl groups is 2. The number of ketones is 2. The first-order chi connectivity index (χ1) is 15.1. The van der Waals surface area contributed by atoms with E-state index in [9.17, 15) is 19.8 Å². The third-order valence-electron chi connectivity index (χ3n) is 5.93. The van der Waals surface area contributed by atoms with Gasteiger partial charge in [0.2, 0.25) is 0 Å². The van der Waals surface area contributed by atoms with Crippen molar-refractivity contribution >= 4 is 11.6 Å². The Balaban J connectivity index is 0.00000249. The summed E-state index contributed by atoms with van der Waals surface area (Å²) in [5, 5.41) is 18.7. The van der Waals surface area contributed by atoms with Crippen molar-refractivity contribution in [3.05, 3.63) is 58.7 Å². The van der Waals surface area contributed by atoms with Crippen LogP contribution in [0.25, 0.3) is 0 Å². The van der Waals surface area contributed by atoms with E-state index in [-0.39, 0.29) is 35.6 Å². The van der Waals surface area contributed by atoms with Crippen molar-refractivity contribution < 1.29 is 19.8 Å². The Kier molecular flexibility index (Phi) is 11.2. The van der Waals surface area contributed by atoms with Gasteiger partial charge in [-0.15, -0.1) is 0 Å². The monoisotopic (exact) mass is 442 g/mol. The molecule has 32 heavy (non-hydrogen) atoms. The molecule has 0 unspecified atom stereocenters. The molecule has 178 valence electrons. The van der Waals surface area contributed by atoms with E-state index in [2.05, 4.69) is 0 Å². The summed E-state index contributed by atoms with van der Waals surface area (Å²) in [7, 11) is 0. The average molecular weight is 443 g/mol. The van der Waals surface area contributed by atoms with Gasteiger partial charge in [0.05, 0.1) is 0 Å². The fourth-order valence-electron chi connectivity index (χ4n) is 3.56. The molecule has 2 aliphatic carbocycles. The van der Waals surface area contributed by atoms with Crippen molar-refractivity contribution in [1.82, 2.24) is 0 Å². The molecule has 4 nitrogen and oxygen atoms in total. The summed E-state index contributed by atoms with van der Waals surface area (Å²) in [5.41, 5.74) is 2.57. The minimum Gasteiger partial charge on any atom is -0.396 e. The van der Waals surface area contributed by atoms with Crippen LogP contribution in [0.15, 0.2) is 58.7 Å². The second-order valence-corrected chi connectivity index (χ2v) is 9.97. The zero-order valence-corrected chi connectivity index (χ0v) is 20.8. The Labute approximate surface area is 194 Å². The molecule has 0 bridgehead atoms. The zero-order chi connectivity index (χ0) is 24.4. The number of carbonyl (C=O) groups excluding carboxylic acids is 2. The maximum atomic E-state index is 12.6. The number of aliphatic hydroxyl groups excluding tert-OH is 2. The highest BCUT2D eigenvalue weighted by atomic mass is 16.3. The van der Waals surface area contributed by atoms with Gasteiger partial charge in [-0.2, -0.15) is 0 Å². The van der Waals surface area contributed by atoms with Crippen molar-refractivity contribution in [3.63, 3.8) is 0 Å². The van der Waals surface area contributed by atoms with Crippen LogP contribution in [0.4, 0.5) is 0 Å². The standard InChI is InChI=1S/C26H36O4.C2H6/c1-25(2,17-27)15-5-7-19-9-11-21(23(19)29)13-14-22-12-10-20(24(22)30)8-6-16-26(3,4)18-28;1-2/h9-14,27-28H,5-8,15-18H2,1-4H3;1-2H3/b14-13-;. The van der Waals surface area contributed by atoms with Gasteiger partial charge in [0.25, 0.3) is 0 Å². The van der Waals surface area contributed by atoms with Gasteiger partial charge in [-0.3, -0.25) is 9.59 Å². The van der Waals surface area contributed by atoms with Crippen LogP contribution in [0.5, 0.6) is 0 Å². The third kappa shape index (κ3) is 8.48. The highest BCUT2D eigenvalue weighted by Gasteiger charge is 2.22. The van der Waals surface area contributed by atoms with Gasteiger partial charge in [-0.05, 0) is 49.4 Å². The minimum atomic E-state index is -0.119. The van der Waals surface area contributed by atoms with E-state index in [1.807, 2.05) is 65.8 Å². The van der Waals surface area contributed by atoms with E-state index in [1.54, 1.807) is 12.2 Å². The molecule has 0 aromatic rings. The molecule has 0 aliphatic heterocycles. The van der Waals surface area contributed by atoms with Gasteiger partial charge in [0, 0.05) is 35.5 Å². The topological polar surface area (TPSA) is 74.6 Å². The number of hydrogen-bond acceptors (Lipinski definition) is 4. The number of rotatable bonds is 12. The molecule has 2 N–H and O–H groups in total. The van der Waals surface area contributed by atoms with Crippen LogP contribution in [0.1, 0.15) is 80.1 Å². The molecule has 4 heteroatoms. The maximum Gasteiger partial charge on any atom is 0.189 e. The molecular weight excluding hydrogens is 400 g/mol.